The Hall–Kier alpha value is -1.97. The molecule has 3 aliphatic carbocycles. The summed E-state index contributed by atoms with van der Waals surface area (Å²) in [5.74, 6) is -5.57. The van der Waals surface area contributed by atoms with Gasteiger partial charge in [0.05, 0.1) is 24.7 Å². The molecule has 8 unspecified atom stereocenters. The molecule has 0 bridgehead atoms. The van der Waals surface area contributed by atoms with E-state index < -0.39 is 70.1 Å². The third-order valence-electron chi connectivity index (χ3n) is 9.18. The zero-order chi connectivity index (χ0) is 24.6. The third-order valence-corrected chi connectivity index (χ3v) is 9.18. The van der Waals surface area contributed by atoms with Crippen molar-refractivity contribution >= 4 is 17.9 Å². The van der Waals surface area contributed by atoms with Gasteiger partial charge in [-0.2, -0.15) is 0 Å². The molecule has 0 spiro atoms. The van der Waals surface area contributed by atoms with Gasteiger partial charge in [-0.25, -0.2) is 4.79 Å². The maximum atomic E-state index is 13.1. The number of carbonyl (C=O) groups is 3. The van der Waals surface area contributed by atoms with Crippen molar-refractivity contribution in [3.05, 3.63) is 11.6 Å². The minimum atomic E-state index is -1.53. The van der Waals surface area contributed by atoms with Crippen LogP contribution in [0.15, 0.2) is 11.6 Å². The van der Waals surface area contributed by atoms with Crippen LogP contribution in [-0.2, 0) is 33.3 Å². The van der Waals surface area contributed by atoms with Crippen LogP contribution in [0.5, 0.6) is 0 Å². The molecular formula is C24H34O9. The van der Waals surface area contributed by atoms with E-state index in [0.29, 0.717) is 18.4 Å². The van der Waals surface area contributed by atoms with Gasteiger partial charge in [0.15, 0.2) is 0 Å². The van der Waals surface area contributed by atoms with Gasteiger partial charge in [-0.15, -0.1) is 0 Å². The van der Waals surface area contributed by atoms with Gasteiger partial charge in [0.1, 0.15) is 6.10 Å². The zero-order valence-electron chi connectivity index (χ0n) is 20.0. The van der Waals surface area contributed by atoms with Crippen LogP contribution in [0.25, 0.3) is 0 Å². The van der Waals surface area contributed by atoms with Gasteiger partial charge in [-0.1, -0.05) is 20.8 Å². The molecule has 8 atom stereocenters. The summed E-state index contributed by atoms with van der Waals surface area (Å²) in [6, 6.07) is 0. The molecule has 1 aliphatic heterocycles. The smallest absolute Gasteiger partial charge is 0.333 e. The molecule has 1 heterocycles. The van der Waals surface area contributed by atoms with E-state index in [9.17, 15) is 24.6 Å². The molecule has 0 saturated heterocycles. The summed E-state index contributed by atoms with van der Waals surface area (Å²) in [6.45, 7) is 7.06. The topological polar surface area (TPSA) is 129 Å². The SMILES string of the molecule is COC(=O)C1C2=CC(=O)OC2(OC)CC2C1C(O)CC1(O)C(C)(C)CCC(OC(C)=O)C21C. The number of aliphatic hydroxyl groups excluding tert-OH is 1. The van der Waals surface area contributed by atoms with Crippen LogP contribution in [0.3, 0.4) is 0 Å². The molecule has 9 nitrogen and oxygen atoms in total. The van der Waals surface area contributed by atoms with E-state index in [1.807, 2.05) is 20.8 Å². The Labute approximate surface area is 193 Å². The second kappa shape index (κ2) is 7.52. The van der Waals surface area contributed by atoms with Gasteiger partial charge >= 0.3 is 17.9 Å². The van der Waals surface area contributed by atoms with E-state index in [1.54, 1.807) is 0 Å². The lowest BCUT2D eigenvalue weighted by Crippen LogP contribution is -2.75. The number of hydrogen-bond donors (Lipinski definition) is 2. The Morgan fingerprint density at radius 1 is 1.18 bits per heavy atom. The monoisotopic (exact) mass is 466 g/mol. The van der Waals surface area contributed by atoms with Crippen LogP contribution in [0.2, 0.25) is 0 Å². The number of hydrogen-bond acceptors (Lipinski definition) is 9. The number of fused-ring (bicyclic) bond motifs is 4. The summed E-state index contributed by atoms with van der Waals surface area (Å²) >= 11 is 0. The largest absolute Gasteiger partial charge is 0.469 e. The van der Waals surface area contributed by atoms with E-state index in [-0.39, 0.29) is 12.8 Å². The van der Waals surface area contributed by atoms with Crippen LogP contribution in [-0.4, -0.2) is 65.9 Å². The fourth-order valence-electron chi connectivity index (χ4n) is 7.45. The summed E-state index contributed by atoms with van der Waals surface area (Å²) in [5.41, 5.74) is -2.80. The van der Waals surface area contributed by atoms with Gasteiger partial charge in [0, 0.05) is 49.9 Å². The predicted molar refractivity (Wildman–Crippen MR) is 113 cm³/mol. The second-order valence-electron chi connectivity index (χ2n) is 10.8. The van der Waals surface area contributed by atoms with Gasteiger partial charge in [0.25, 0.3) is 0 Å². The molecule has 184 valence electrons. The van der Waals surface area contributed by atoms with Crippen LogP contribution >= 0.6 is 0 Å². The van der Waals surface area contributed by atoms with Gasteiger partial charge in [-0.05, 0) is 24.2 Å². The number of aliphatic hydroxyl groups is 2. The highest BCUT2D eigenvalue weighted by Gasteiger charge is 2.75. The number of rotatable bonds is 3. The van der Waals surface area contributed by atoms with Crippen molar-refractivity contribution in [2.24, 2.45) is 28.6 Å². The molecule has 2 N–H and O–H groups in total. The van der Waals surface area contributed by atoms with Gasteiger partial charge < -0.3 is 29.2 Å². The highest BCUT2D eigenvalue weighted by molar-refractivity contribution is 5.90. The van der Waals surface area contributed by atoms with Crippen molar-refractivity contribution in [2.45, 2.75) is 77.0 Å². The summed E-state index contributed by atoms with van der Waals surface area (Å²) < 4.78 is 22.2. The fraction of sp³-hybridized carbons (Fsp3) is 0.792. The summed E-state index contributed by atoms with van der Waals surface area (Å²) in [5, 5.41) is 23.7. The van der Waals surface area contributed by atoms with Gasteiger partial charge in [0.2, 0.25) is 5.79 Å². The lowest BCUT2D eigenvalue weighted by molar-refractivity contribution is -0.317. The van der Waals surface area contributed by atoms with Crippen molar-refractivity contribution in [2.75, 3.05) is 14.2 Å². The molecule has 3 fully saturated rings. The first-order chi connectivity index (χ1) is 15.3. The molecule has 0 radical (unpaired) electrons. The highest BCUT2D eigenvalue weighted by Crippen LogP contribution is 2.69. The molecule has 9 heteroatoms. The quantitative estimate of drug-likeness (QED) is 0.469. The Morgan fingerprint density at radius 2 is 1.85 bits per heavy atom. The highest BCUT2D eigenvalue weighted by atomic mass is 16.7. The maximum absolute atomic E-state index is 13.1. The summed E-state index contributed by atoms with van der Waals surface area (Å²) in [4.78, 5) is 37.5. The molecular weight excluding hydrogens is 432 g/mol. The van der Waals surface area contributed by atoms with Crippen LogP contribution in [0.1, 0.15) is 53.4 Å². The maximum Gasteiger partial charge on any atom is 0.333 e. The number of methoxy groups -OCH3 is 2. The molecule has 0 aromatic carbocycles. The lowest BCUT2D eigenvalue weighted by atomic mass is 9.39. The van der Waals surface area contributed by atoms with Crippen LogP contribution < -0.4 is 0 Å². The number of esters is 3. The Kier molecular flexibility index (Phi) is 5.50. The predicted octanol–water partition coefficient (Wildman–Crippen LogP) is 1.49. The van der Waals surface area contributed by atoms with Crippen LogP contribution in [0, 0.1) is 28.6 Å². The average Bonchev–Trinajstić information content (AvgIpc) is 3.07. The first-order valence-corrected chi connectivity index (χ1v) is 11.4. The standard InChI is InChI=1S/C24H34O9/c1-12(25)32-16-7-8-21(2,3)24(29)11-15(26)18-14(22(16,24)4)10-23(31-6)13(9-17(27)33-23)19(18)20(28)30-5/h9,14-16,18-19,26,29H,7-8,10-11H2,1-6H3. The Morgan fingerprint density at radius 3 is 2.42 bits per heavy atom. The minimum Gasteiger partial charge on any atom is -0.469 e. The molecule has 33 heavy (non-hydrogen) atoms. The lowest BCUT2D eigenvalue weighted by Gasteiger charge is -2.69. The minimum absolute atomic E-state index is 0.00894. The van der Waals surface area contributed by atoms with Crippen molar-refractivity contribution in [3.8, 4) is 0 Å². The molecule has 0 amide bonds. The first kappa shape index (κ1) is 24.2. The summed E-state index contributed by atoms with van der Waals surface area (Å²) in [7, 11) is 2.64. The molecule has 4 aliphatic rings. The van der Waals surface area contributed by atoms with E-state index in [2.05, 4.69) is 0 Å². The van der Waals surface area contributed by atoms with Crippen LogP contribution in [0.4, 0.5) is 0 Å². The molecule has 4 rings (SSSR count). The normalized spacial score (nSPS) is 45.6. The first-order valence-electron chi connectivity index (χ1n) is 11.4. The van der Waals surface area contributed by atoms with Crippen molar-refractivity contribution in [3.63, 3.8) is 0 Å². The van der Waals surface area contributed by atoms with E-state index >= 15 is 0 Å². The van der Waals surface area contributed by atoms with E-state index in [0.717, 1.165) is 0 Å². The number of carbonyl (C=O) groups excluding carboxylic acids is 3. The Bertz CT molecular complexity index is 910. The van der Waals surface area contributed by atoms with E-state index in [4.69, 9.17) is 18.9 Å². The molecule has 0 aromatic heterocycles. The second-order valence-corrected chi connectivity index (χ2v) is 10.8. The number of ether oxygens (including phenoxy) is 4. The van der Waals surface area contributed by atoms with Crippen molar-refractivity contribution in [1.82, 2.24) is 0 Å². The molecule has 3 saturated carbocycles. The Balaban J connectivity index is 1.95. The third kappa shape index (κ3) is 3.04. The van der Waals surface area contributed by atoms with Crippen molar-refractivity contribution < 1.29 is 43.5 Å². The fourth-order valence-corrected chi connectivity index (χ4v) is 7.45. The van der Waals surface area contributed by atoms with E-state index in [1.165, 1.54) is 27.2 Å². The van der Waals surface area contributed by atoms with Gasteiger partial charge in [-0.3, -0.25) is 9.59 Å². The average molecular weight is 467 g/mol. The van der Waals surface area contributed by atoms with Crippen molar-refractivity contribution in [1.29, 1.82) is 0 Å². The summed E-state index contributed by atoms with van der Waals surface area (Å²) in [6.07, 6.45) is 0.689. The zero-order valence-corrected chi connectivity index (χ0v) is 20.0. The molecule has 0 aromatic rings.